The molecular weight excluding hydrogens is 404 g/mol. The molecule has 0 heterocycles. The Morgan fingerprint density at radius 2 is 1.41 bits per heavy atom. The fourth-order valence-electron chi connectivity index (χ4n) is 1.23. The number of amides is 2. The van der Waals surface area contributed by atoms with Crippen LogP contribution in [0.1, 0.15) is 12.8 Å². The molecular formula is C13H24N4O8S2. The molecule has 0 aliphatic heterocycles. The van der Waals surface area contributed by atoms with E-state index < -0.39 is 54.4 Å². The highest BCUT2D eigenvalue weighted by atomic mass is 32.1. The van der Waals surface area contributed by atoms with Crippen LogP contribution >= 0.6 is 25.3 Å². The van der Waals surface area contributed by atoms with Crippen LogP contribution in [0.25, 0.3) is 0 Å². The first-order valence-electron chi connectivity index (χ1n) is 7.43. The Bertz CT molecular complexity index is 534. The number of nitrogens with two attached hydrogens (primary N) is 2. The Morgan fingerprint density at radius 1 is 0.889 bits per heavy atom. The molecule has 156 valence electrons. The number of carboxylic acid groups (broad SMARTS) is 3. The summed E-state index contributed by atoms with van der Waals surface area (Å²) in [4.78, 5) is 53.5. The van der Waals surface area contributed by atoms with Gasteiger partial charge in [-0.25, -0.2) is 0 Å². The zero-order chi connectivity index (χ0) is 21.6. The molecule has 2 amide bonds. The third kappa shape index (κ3) is 14.8. The van der Waals surface area contributed by atoms with E-state index in [1.165, 1.54) is 0 Å². The lowest BCUT2D eigenvalue weighted by Crippen LogP contribution is -2.49. The van der Waals surface area contributed by atoms with E-state index in [9.17, 15) is 24.0 Å². The number of hydrogen-bond donors (Lipinski definition) is 9. The number of hydrogen-bond acceptors (Lipinski definition) is 9. The van der Waals surface area contributed by atoms with Crippen molar-refractivity contribution in [1.82, 2.24) is 10.6 Å². The molecule has 0 aromatic rings. The molecule has 9 N–H and O–H groups in total. The maximum Gasteiger partial charge on any atom is 0.322 e. The standard InChI is InChI=1S/C10H17N3O6S.C3H7NO2S/c11-5(10(18)19)1-2-7(14)13-6(4-20)9(17)12-3-8(15)16;4-2(1-7)3(5)6/h5-6,20H,1-4,11H2,(H,12,17)(H,13,14)(H,15,16)(H,18,19);2,7H,1,4H2,(H,5,6)/t;2-/m.0/s1. The third-order valence-corrected chi connectivity index (χ3v) is 3.52. The largest absolute Gasteiger partial charge is 0.480 e. The minimum absolute atomic E-state index is 0.0256. The maximum absolute atomic E-state index is 11.5. The molecule has 27 heavy (non-hydrogen) atoms. The lowest BCUT2D eigenvalue weighted by atomic mass is 10.1. The number of thiol groups is 2. The summed E-state index contributed by atoms with van der Waals surface area (Å²) in [5.41, 5.74) is 10.2. The van der Waals surface area contributed by atoms with Crippen molar-refractivity contribution in [3.8, 4) is 0 Å². The highest BCUT2D eigenvalue weighted by Crippen LogP contribution is 1.97. The minimum Gasteiger partial charge on any atom is -0.480 e. The van der Waals surface area contributed by atoms with Crippen LogP contribution in [0.2, 0.25) is 0 Å². The van der Waals surface area contributed by atoms with E-state index in [0.717, 1.165) is 0 Å². The van der Waals surface area contributed by atoms with Crippen LogP contribution in [0, 0.1) is 0 Å². The molecule has 0 aliphatic carbocycles. The van der Waals surface area contributed by atoms with Gasteiger partial charge in [-0.1, -0.05) is 0 Å². The molecule has 0 aromatic heterocycles. The quantitative estimate of drug-likeness (QED) is 0.153. The van der Waals surface area contributed by atoms with Crippen molar-refractivity contribution in [2.45, 2.75) is 31.0 Å². The van der Waals surface area contributed by atoms with Crippen molar-refractivity contribution in [3.63, 3.8) is 0 Å². The molecule has 14 heteroatoms. The van der Waals surface area contributed by atoms with E-state index >= 15 is 0 Å². The van der Waals surface area contributed by atoms with Crippen LogP contribution in [0.5, 0.6) is 0 Å². The summed E-state index contributed by atoms with van der Waals surface area (Å²) in [7, 11) is 0. The Balaban J connectivity index is 0. The van der Waals surface area contributed by atoms with Gasteiger partial charge in [0, 0.05) is 17.9 Å². The van der Waals surface area contributed by atoms with Crippen molar-refractivity contribution < 1.29 is 39.3 Å². The summed E-state index contributed by atoms with van der Waals surface area (Å²) in [6.45, 7) is -0.567. The van der Waals surface area contributed by atoms with Crippen LogP contribution in [-0.4, -0.2) is 81.2 Å². The molecule has 0 saturated carbocycles. The van der Waals surface area contributed by atoms with Gasteiger partial charge in [0.05, 0.1) is 0 Å². The molecule has 0 bridgehead atoms. The fourth-order valence-corrected chi connectivity index (χ4v) is 1.65. The van der Waals surface area contributed by atoms with Crippen molar-refractivity contribution >= 4 is 55.0 Å². The minimum atomic E-state index is -1.22. The van der Waals surface area contributed by atoms with Crippen LogP contribution < -0.4 is 22.1 Å². The Kier molecular flexibility index (Phi) is 15.2. The lowest BCUT2D eigenvalue weighted by molar-refractivity contribution is -0.139. The third-order valence-electron chi connectivity index (χ3n) is 2.76. The number of carbonyl (C=O) groups excluding carboxylic acids is 2. The van der Waals surface area contributed by atoms with E-state index in [-0.39, 0.29) is 24.3 Å². The second-order valence-corrected chi connectivity index (χ2v) is 5.76. The van der Waals surface area contributed by atoms with Gasteiger partial charge in [0.1, 0.15) is 24.7 Å². The van der Waals surface area contributed by atoms with Gasteiger partial charge in [-0.2, -0.15) is 25.3 Å². The van der Waals surface area contributed by atoms with Gasteiger partial charge in [-0.15, -0.1) is 0 Å². The summed E-state index contributed by atoms with van der Waals surface area (Å²) in [6, 6.07) is -2.97. The summed E-state index contributed by atoms with van der Waals surface area (Å²) in [5, 5.41) is 29.4. The van der Waals surface area contributed by atoms with Crippen molar-refractivity contribution in [2.75, 3.05) is 18.1 Å². The normalized spacial score (nSPS) is 13.2. The number of carbonyl (C=O) groups is 5. The maximum atomic E-state index is 11.5. The molecule has 0 fully saturated rings. The van der Waals surface area contributed by atoms with Gasteiger partial charge in [0.25, 0.3) is 0 Å². The topological polar surface area (TPSA) is 222 Å². The molecule has 0 spiro atoms. The number of carboxylic acids is 3. The van der Waals surface area contributed by atoms with Crippen LogP contribution in [-0.2, 0) is 24.0 Å². The zero-order valence-corrected chi connectivity index (χ0v) is 16.0. The predicted molar refractivity (Wildman–Crippen MR) is 101 cm³/mol. The van der Waals surface area contributed by atoms with Crippen molar-refractivity contribution in [2.24, 2.45) is 11.5 Å². The molecule has 0 saturated heterocycles. The number of aliphatic carboxylic acids is 3. The fraction of sp³-hybridized carbons (Fsp3) is 0.615. The van der Waals surface area contributed by atoms with E-state index in [1.807, 2.05) is 0 Å². The van der Waals surface area contributed by atoms with Crippen LogP contribution in [0.4, 0.5) is 0 Å². The summed E-state index contributed by atoms with van der Waals surface area (Å²) < 4.78 is 0. The van der Waals surface area contributed by atoms with E-state index in [4.69, 9.17) is 26.8 Å². The highest BCUT2D eigenvalue weighted by Gasteiger charge is 2.20. The van der Waals surface area contributed by atoms with Gasteiger partial charge >= 0.3 is 17.9 Å². The van der Waals surface area contributed by atoms with E-state index in [2.05, 4.69) is 35.9 Å². The first kappa shape index (κ1) is 27.2. The Labute approximate surface area is 165 Å². The lowest BCUT2D eigenvalue weighted by Gasteiger charge is -2.16. The van der Waals surface area contributed by atoms with Gasteiger partial charge in [-0.05, 0) is 6.42 Å². The molecule has 2 unspecified atom stereocenters. The molecule has 0 radical (unpaired) electrons. The van der Waals surface area contributed by atoms with Crippen LogP contribution in [0.3, 0.4) is 0 Å². The van der Waals surface area contributed by atoms with Gasteiger partial charge in [-0.3, -0.25) is 24.0 Å². The van der Waals surface area contributed by atoms with Crippen molar-refractivity contribution in [1.29, 1.82) is 0 Å². The predicted octanol–water partition coefficient (Wildman–Crippen LogP) is -2.88. The molecule has 0 rings (SSSR count). The summed E-state index contributed by atoms with van der Waals surface area (Å²) in [6.07, 6.45) is -0.235. The first-order valence-corrected chi connectivity index (χ1v) is 8.70. The summed E-state index contributed by atoms with van der Waals surface area (Å²) >= 11 is 7.52. The van der Waals surface area contributed by atoms with Gasteiger partial charge in [0.2, 0.25) is 11.8 Å². The van der Waals surface area contributed by atoms with Gasteiger partial charge < -0.3 is 37.4 Å². The van der Waals surface area contributed by atoms with Crippen molar-refractivity contribution in [3.05, 3.63) is 0 Å². The Morgan fingerprint density at radius 3 is 1.74 bits per heavy atom. The SMILES string of the molecule is NC(CCC(=O)NC(CS)C(=O)NCC(=O)O)C(=O)O.N[C@@H](CS)C(=O)O. The first-order chi connectivity index (χ1) is 12.5. The second-order valence-electron chi connectivity index (χ2n) is 5.02. The smallest absolute Gasteiger partial charge is 0.322 e. The monoisotopic (exact) mass is 428 g/mol. The second kappa shape index (κ2) is 15.1. The molecule has 12 nitrogen and oxygen atoms in total. The number of nitrogens with one attached hydrogen (secondary N) is 2. The molecule has 0 aliphatic rings. The zero-order valence-electron chi connectivity index (χ0n) is 14.2. The van der Waals surface area contributed by atoms with E-state index in [0.29, 0.717) is 0 Å². The number of rotatable bonds is 11. The average Bonchev–Trinajstić information content (AvgIpc) is 2.61. The summed E-state index contributed by atoms with van der Waals surface area (Å²) in [5.74, 6) is -4.52. The molecule has 0 aromatic carbocycles. The van der Waals surface area contributed by atoms with E-state index in [1.54, 1.807) is 0 Å². The average molecular weight is 428 g/mol. The Hall–Kier alpha value is -2.03. The van der Waals surface area contributed by atoms with Gasteiger partial charge in [0.15, 0.2) is 0 Å². The highest BCUT2D eigenvalue weighted by molar-refractivity contribution is 7.80. The molecule has 3 atom stereocenters. The van der Waals surface area contributed by atoms with Crippen LogP contribution in [0.15, 0.2) is 0 Å².